The van der Waals surface area contributed by atoms with Gasteiger partial charge in [-0.2, -0.15) is 0 Å². The Morgan fingerprint density at radius 2 is 2.00 bits per heavy atom. The van der Waals surface area contributed by atoms with Gasteiger partial charge < -0.3 is 9.84 Å². The normalized spacial score (nSPS) is 40.2. The fourth-order valence-electron chi connectivity index (χ4n) is 1.96. The molecule has 1 fully saturated rings. The molecule has 0 aromatic rings. The lowest BCUT2D eigenvalue weighted by Crippen LogP contribution is -2.47. The van der Waals surface area contributed by atoms with Crippen LogP contribution in [0.5, 0.6) is 0 Å². The molecule has 3 heteroatoms. The van der Waals surface area contributed by atoms with Crippen LogP contribution >= 0.6 is 0 Å². The zero-order chi connectivity index (χ0) is 10.0. The fourth-order valence-corrected chi connectivity index (χ4v) is 1.96. The lowest BCUT2D eigenvalue weighted by atomic mass is 9.82. The molecule has 0 spiro atoms. The van der Waals surface area contributed by atoms with E-state index in [1.54, 1.807) is 6.92 Å². The van der Waals surface area contributed by atoms with Crippen molar-refractivity contribution in [3.63, 3.8) is 0 Å². The summed E-state index contributed by atoms with van der Waals surface area (Å²) in [6.45, 7) is 5.72. The maximum atomic E-state index is 11.3. The first kappa shape index (κ1) is 10.5. The summed E-state index contributed by atoms with van der Waals surface area (Å²) in [4.78, 5) is 11.3. The van der Waals surface area contributed by atoms with Gasteiger partial charge in [-0.1, -0.05) is 13.8 Å². The number of carbonyl (C=O) groups is 1. The molecule has 0 saturated carbocycles. The number of cyclic esters (lactones) is 1. The number of esters is 1. The molecule has 1 aliphatic rings. The van der Waals surface area contributed by atoms with Crippen molar-refractivity contribution >= 4 is 5.97 Å². The van der Waals surface area contributed by atoms with Gasteiger partial charge in [-0.3, -0.25) is 4.79 Å². The van der Waals surface area contributed by atoms with Gasteiger partial charge in [0.25, 0.3) is 0 Å². The predicted molar refractivity (Wildman–Crippen MR) is 49.1 cm³/mol. The van der Waals surface area contributed by atoms with Crippen LogP contribution in [0.1, 0.15) is 33.6 Å². The van der Waals surface area contributed by atoms with E-state index in [1.165, 1.54) is 0 Å². The Bertz CT molecular complexity index is 189. The molecule has 0 amide bonds. The van der Waals surface area contributed by atoms with Gasteiger partial charge in [-0.05, 0) is 19.8 Å². The van der Waals surface area contributed by atoms with Gasteiger partial charge >= 0.3 is 5.97 Å². The molecule has 3 nitrogen and oxygen atoms in total. The van der Waals surface area contributed by atoms with E-state index in [9.17, 15) is 9.90 Å². The number of aliphatic hydroxyl groups is 1. The van der Waals surface area contributed by atoms with Crippen LogP contribution < -0.4 is 0 Å². The van der Waals surface area contributed by atoms with E-state index in [2.05, 4.69) is 0 Å². The average molecular weight is 186 g/mol. The van der Waals surface area contributed by atoms with Crippen molar-refractivity contribution in [2.75, 3.05) is 0 Å². The van der Waals surface area contributed by atoms with E-state index < -0.39 is 6.10 Å². The third-order valence-electron chi connectivity index (χ3n) is 2.94. The summed E-state index contributed by atoms with van der Waals surface area (Å²) in [5, 5.41) is 9.81. The highest BCUT2D eigenvalue weighted by atomic mass is 16.5. The minimum Gasteiger partial charge on any atom is -0.462 e. The molecule has 0 aromatic heterocycles. The highest BCUT2D eigenvalue weighted by Gasteiger charge is 2.40. The molecule has 76 valence electrons. The quantitative estimate of drug-likeness (QED) is 0.662. The first-order valence-electron chi connectivity index (χ1n) is 5.00. The van der Waals surface area contributed by atoms with Crippen LogP contribution in [0.15, 0.2) is 0 Å². The van der Waals surface area contributed by atoms with Crippen molar-refractivity contribution < 1.29 is 14.6 Å². The average Bonchev–Trinajstić information content (AvgIpc) is 2.13. The first-order chi connectivity index (χ1) is 6.11. The minimum atomic E-state index is -0.531. The zero-order valence-electron chi connectivity index (χ0n) is 8.49. The smallest absolute Gasteiger partial charge is 0.311 e. The minimum absolute atomic E-state index is 0.0938. The van der Waals surface area contributed by atoms with Gasteiger partial charge in [0.2, 0.25) is 0 Å². The Morgan fingerprint density at radius 1 is 1.38 bits per heavy atom. The SMILES string of the molecule is CC[C@@H]1[C@H](O)C(C)C(=O)O[C@@H]1CC. The van der Waals surface area contributed by atoms with Crippen molar-refractivity contribution in [2.24, 2.45) is 11.8 Å². The maximum Gasteiger partial charge on any atom is 0.311 e. The summed E-state index contributed by atoms with van der Waals surface area (Å²) in [5.41, 5.74) is 0. The van der Waals surface area contributed by atoms with Crippen LogP contribution in [0.25, 0.3) is 0 Å². The summed E-state index contributed by atoms with van der Waals surface area (Å²) in [6.07, 6.45) is 1.02. The molecule has 1 rings (SSSR count). The standard InChI is InChI=1S/C10H18O3/c1-4-7-8(5-2)13-10(12)6(3)9(7)11/h6-9,11H,4-5H2,1-3H3/t6?,7-,8+,9+/m0/s1. The van der Waals surface area contributed by atoms with Crippen LogP contribution in [0.2, 0.25) is 0 Å². The van der Waals surface area contributed by atoms with Crippen molar-refractivity contribution in [3.8, 4) is 0 Å². The molecular formula is C10H18O3. The van der Waals surface area contributed by atoms with Crippen molar-refractivity contribution in [3.05, 3.63) is 0 Å². The molecule has 1 unspecified atom stereocenters. The third kappa shape index (κ3) is 1.85. The van der Waals surface area contributed by atoms with Gasteiger partial charge in [-0.25, -0.2) is 0 Å². The molecule has 0 aromatic carbocycles. The molecule has 0 bridgehead atoms. The number of ether oxygens (including phenoxy) is 1. The van der Waals surface area contributed by atoms with E-state index in [4.69, 9.17) is 4.74 Å². The molecule has 4 atom stereocenters. The first-order valence-corrected chi connectivity index (χ1v) is 5.00. The Morgan fingerprint density at radius 3 is 2.46 bits per heavy atom. The monoisotopic (exact) mass is 186 g/mol. The van der Waals surface area contributed by atoms with Gasteiger partial charge in [0, 0.05) is 5.92 Å². The molecule has 1 saturated heterocycles. The lowest BCUT2D eigenvalue weighted by Gasteiger charge is -2.37. The van der Waals surface area contributed by atoms with Gasteiger partial charge in [0.1, 0.15) is 6.10 Å². The highest BCUT2D eigenvalue weighted by molar-refractivity contribution is 5.73. The lowest BCUT2D eigenvalue weighted by molar-refractivity contribution is -0.179. The molecule has 0 radical (unpaired) electrons. The van der Waals surface area contributed by atoms with E-state index in [-0.39, 0.29) is 23.9 Å². The second kappa shape index (κ2) is 4.09. The van der Waals surface area contributed by atoms with Gasteiger partial charge in [0.05, 0.1) is 12.0 Å². The van der Waals surface area contributed by atoms with E-state index >= 15 is 0 Å². The maximum absolute atomic E-state index is 11.3. The second-order valence-electron chi connectivity index (χ2n) is 3.73. The summed E-state index contributed by atoms with van der Waals surface area (Å²) in [6, 6.07) is 0. The summed E-state index contributed by atoms with van der Waals surface area (Å²) < 4.78 is 5.22. The van der Waals surface area contributed by atoms with Crippen LogP contribution in [-0.2, 0) is 9.53 Å². The summed E-state index contributed by atoms with van der Waals surface area (Å²) in [7, 11) is 0. The fraction of sp³-hybridized carbons (Fsp3) is 0.900. The molecule has 0 aliphatic carbocycles. The number of rotatable bonds is 2. The van der Waals surface area contributed by atoms with Crippen LogP contribution in [0, 0.1) is 11.8 Å². The largest absolute Gasteiger partial charge is 0.462 e. The topological polar surface area (TPSA) is 46.5 Å². The van der Waals surface area contributed by atoms with Gasteiger partial charge in [0.15, 0.2) is 0 Å². The number of hydrogen-bond donors (Lipinski definition) is 1. The predicted octanol–water partition coefficient (Wildman–Crippen LogP) is 1.34. The van der Waals surface area contributed by atoms with Crippen molar-refractivity contribution in [1.29, 1.82) is 0 Å². The molecule has 1 aliphatic heterocycles. The van der Waals surface area contributed by atoms with E-state index in [0.29, 0.717) is 0 Å². The summed E-state index contributed by atoms with van der Waals surface area (Å²) in [5.74, 6) is -0.519. The van der Waals surface area contributed by atoms with Crippen molar-refractivity contribution in [1.82, 2.24) is 0 Å². The summed E-state index contributed by atoms with van der Waals surface area (Å²) >= 11 is 0. The Kier molecular flexibility index (Phi) is 3.31. The van der Waals surface area contributed by atoms with Gasteiger partial charge in [-0.15, -0.1) is 0 Å². The van der Waals surface area contributed by atoms with E-state index in [1.807, 2.05) is 13.8 Å². The Balaban J connectivity index is 2.74. The molecule has 13 heavy (non-hydrogen) atoms. The van der Waals surface area contributed by atoms with Crippen LogP contribution in [-0.4, -0.2) is 23.3 Å². The zero-order valence-corrected chi connectivity index (χ0v) is 8.49. The molecule has 1 heterocycles. The number of hydrogen-bond acceptors (Lipinski definition) is 3. The molecular weight excluding hydrogens is 168 g/mol. The van der Waals surface area contributed by atoms with Crippen molar-refractivity contribution in [2.45, 2.75) is 45.8 Å². The molecule has 1 N–H and O–H groups in total. The number of carbonyl (C=O) groups excluding carboxylic acids is 1. The highest BCUT2D eigenvalue weighted by Crippen LogP contribution is 2.30. The Labute approximate surface area is 79.1 Å². The Hall–Kier alpha value is -0.570. The van der Waals surface area contributed by atoms with Crippen LogP contribution in [0.4, 0.5) is 0 Å². The van der Waals surface area contributed by atoms with E-state index in [0.717, 1.165) is 12.8 Å². The number of aliphatic hydroxyl groups excluding tert-OH is 1. The third-order valence-corrected chi connectivity index (χ3v) is 2.94. The second-order valence-corrected chi connectivity index (χ2v) is 3.73. The van der Waals surface area contributed by atoms with Crippen LogP contribution in [0.3, 0.4) is 0 Å².